The third-order valence-electron chi connectivity index (χ3n) is 3.66. The monoisotopic (exact) mass is 246 g/mol. The SMILES string of the molecule is O=C1CCCCN1c1cncc(C2CCCN2)n1. The molecule has 2 aliphatic heterocycles. The van der Waals surface area contributed by atoms with Crippen LogP contribution < -0.4 is 10.2 Å². The van der Waals surface area contributed by atoms with Crippen molar-refractivity contribution in [3.8, 4) is 0 Å². The lowest BCUT2D eigenvalue weighted by Crippen LogP contribution is -2.36. The normalized spacial score (nSPS) is 24.6. The number of carbonyl (C=O) groups is 1. The van der Waals surface area contributed by atoms with Gasteiger partial charge in [0, 0.05) is 13.0 Å². The second kappa shape index (κ2) is 5.02. The van der Waals surface area contributed by atoms with Gasteiger partial charge in [-0.3, -0.25) is 14.7 Å². The molecule has 1 N–H and O–H groups in total. The molecule has 1 atom stereocenters. The fourth-order valence-electron chi connectivity index (χ4n) is 2.65. The van der Waals surface area contributed by atoms with Crippen LogP contribution in [0, 0.1) is 0 Å². The molecule has 2 fully saturated rings. The van der Waals surface area contributed by atoms with Gasteiger partial charge in [0.2, 0.25) is 5.91 Å². The highest BCUT2D eigenvalue weighted by Gasteiger charge is 2.23. The first-order chi connectivity index (χ1) is 8.84. The van der Waals surface area contributed by atoms with E-state index in [-0.39, 0.29) is 5.91 Å². The number of rotatable bonds is 2. The fraction of sp³-hybridized carbons (Fsp3) is 0.615. The molecule has 2 saturated heterocycles. The maximum absolute atomic E-state index is 11.9. The Kier molecular flexibility index (Phi) is 3.23. The van der Waals surface area contributed by atoms with Gasteiger partial charge in [0.05, 0.1) is 24.1 Å². The largest absolute Gasteiger partial charge is 0.309 e. The zero-order valence-electron chi connectivity index (χ0n) is 10.4. The number of aromatic nitrogens is 2. The number of hydrogen-bond acceptors (Lipinski definition) is 4. The van der Waals surface area contributed by atoms with E-state index < -0.39 is 0 Å². The third-order valence-corrected chi connectivity index (χ3v) is 3.66. The molecule has 0 bridgehead atoms. The van der Waals surface area contributed by atoms with Crippen LogP contribution in [-0.4, -0.2) is 29.0 Å². The standard InChI is InChI=1S/C13H18N4O/c18-13-5-1-2-7-17(13)12-9-14-8-11(16-12)10-4-3-6-15-10/h8-10,15H,1-7H2. The van der Waals surface area contributed by atoms with E-state index in [0.717, 1.165) is 38.0 Å². The van der Waals surface area contributed by atoms with Crippen LogP contribution >= 0.6 is 0 Å². The molecule has 1 aromatic rings. The van der Waals surface area contributed by atoms with Crippen LogP contribution in [0.3, 0.4) is 0 Å². The van der Waals surface area contributed by atoms with E-state index in [1.54, 1.807) is 17.3 Å². The molecule has 1 aromatic heterocycles. The van der Waals surface area contributed by atoms with E-state index in [2.05, 4.69) is 15.3 Å². The van der Waals surface area contributed by atoms with E-state index in [4.69, 9.17) is 0 Å². The van der Waals surface area contributed by atoms with Gasteiger partial charge in [0.15, 0.2) is 5.82 Å². The lowest BCUT2D eigenvalue weighted by atomic mass is 10.1. The molecule has 5 heteroatoms. The number of hydrogen-bond donors (Lipinski definition) is 1. The average molecular weight is 246 g/mol. The molecule has 1 unspecified atom stereocenters. The first-order valence-corrected chi connectivity index (χ1v) is 6.70. The highest BCUT2D eigenvalue weighted by Crippen LogP contribution is 2.24. The van der Waals surface area contributed by atoms with Gasteiger partial charge < -0.3 is 5.32 Å². The van der Waals surface area contributed by atoms with Gasteiger partial charge in [0.25, 0.3) is 0 Å². The highest BCUT2D eigenvalue weighted by atomic mass is 16.2. The number of nitrogens with zero attached hydrogens (tertiary/aromatic N) is 3. The van der Waals surface area contributed by atoms with E-state index in [1.165, 1.54) is 6.42 Å². The Hall–Kier alpha value is -1.49. The number of amides is 1. The zero-order valence-corrected chi connectivity index (χ0v) is 10.4. The summed E-state index contributed by atoms with van der Waals surface area (Å²) in [5.74, 6) is 0.887. The van der Waals surface area contributed by atoms with Crippen LogP contribution in [0.4, 0.5) is 5.82 Å². The van der Waals surface area contributed by atoms with E-state index in [0.29, 0.717) is 18.3 Å². The molecule has 3 heterocycles. The van der Waals surface area contributed by atoms with Crippen LogP contribution in [0.2, 0.25) is 0 Å². The summed E-state index contributed by atoms with van der Waals surface area (Å²) in [6, 6.07) is 0.303. The smallest absolute Gasteiger partial charge is 0.228 e. The maximum Gasteiger partial charge on any atom is 0.228 e. The topological polar surface area (TPSA) is 58.1 Å². The van der Waals surface area contributed by atoms with Gasteiger partial charge >= 0.3 is 0 Å². The maximum atomic E-state index is 11.9. The number of anilines is 1. The van der Waals surface area contributed by atoms with Crippen molar-refractivity contribution in [3.05, 3.63) is 18.1 Å². The van der Waals surface area contributed by atoms with Gasteiger partial charge in [-0.05, 0) is 32.2 Å². The summed E-state index contributed by atoms with van der Waals surface area (Å²) in [5, 5.41) is 3.41. The fourth-order valence-corrected chi connectivity index (χ4v) is 2.65. The first-order valence-electron chi connectivity index (χ1n) is 6.70. The number of nitrogens with one attached hydrogen (secondary N) is 1. The molecule has 18 heavy (non-hydrogen) atoms. The van der Waals surface area contributed by atoms with E-state index >= 15 is 0 Å². The van der Waals surface area contributed by atoms with Crippen molar-refractivity contribution < 1.29 is 4.79 Å². The molecule has 0 spiro atoms. The summed E-state index contributed by atoms with van der Waals surface area (Å²) >= 11 is 0. The molecule has 1 amide bonds. The summed E-state index contributed by atoms with van der Waals surface area (Å²) in [6.07, 6.45) is 8.47. The molecule has 2 aliphatic rings. The van der Waals surface area contributed by atoms with Gasteiger partial charge in [-0.25, -0.2) is 4.98 Å². The van der Waals surface area contributed by atoms with Crippen molar-refractivity contribution in [2.45, 2.75) is 38.1 Å². The molecule has 0 saturated carbocycles. The summed E-state index contributed by atoms with van der Waals surface area (Å²) in [6.45, 7) is 1.81. The van der Waals surface area contributed by atoms with Crippen LogP contribution in [0.5, 0.6) is 0 Å². The van der Waals surface area contributed by atoms with Crippen LogP contribution in [0.1, 0.15) is 43.8 Å². The molecular formula is C13H18N4O. The Bertz CT molecular complexity index is 442. The lowest BCUT2D eigenvalue weighted by molar-refractivity contribution is -0.119. The van der Waals surface area contributed by atoms with Gasteiger partial charge in [-0.1, -0.05) is 0 Å². The van der Waals surface area contributed by atoms with Gasteiger partial charge in [-0.15, -0.1) is 0 Å². The first kappa shape index (κ1) is 11.6. The van der Waals surface area contributed by atoms with Crippen molar-refractivity contribution in [2.24, 2.45) is 0 Å². The second-order valence-electron chi connectivity index (χ2n) is 4.95. The van der Waals surface area contributed by atoms with Gasteiger partial charge in [-0.2, -0.15) is 0 Å². The predicted molar refractivity (Wildman–Crippen MR) is 68.2 cm³/mol. The summed E-state index contributed by atoms with van der Waals surface area (Å²) in [5.41, 5.74) is 0.961. The van der Waals surface area contributed by atoms with Crippen LogP contribution in [-0.2, 0) is 4.79 Å². The Morgan fingerprint density at radius 2 is 2.22 bits per heavy atom. The van der Waals surface area contributed by atoms with Gasteiger partial charge in [0.1, 0.15) is 0 Å². The molecule has 0 radical (unpaired) electrons. The molecule has 96 valence electrons. The van der Waals surface area contributed by atoms with Crippen molar-refractivity contribution in [3.63, 3.8) is 0 Å². The Labute approximate surface area is 107 Å². The number of carbonyl (C=O) groups excluding carboxylic acids is 1. The van der Waals surface area contributed by atoms with Crippen LogP contribution in [0.15, 0.2) is 12.4 Å². The zero-order chi connectivity index (χ0) is 12.4. The lowest BCUT2D eigenvalue weighted by Gasteiger charge is -2.26. The van der Waals surface area contributed by atoms with E-state index in [1.807, 2.05) is 0 Å². The average Bonchev–Trinajstić information content (AvgIpc) is 2.93. The Morgan fingerprint density at radius 3 is 3.00 bits per heavy atom. The Morgan fingerprint density at radius 1 is 1.28 bits per heavy atom. The molecule has 0 aliphatic carbocycles. The minimum atomic E-state index is 0.173. The predicted octanol–water partition coefficient (Wildman–Crippen LogP) is 1.42. The highest BCUT2D eigenvalue weighted by molar-refractivity contribution is 5.92. The van der Waals surface area contributed by atoms with Crippen molar-refractivity contribution >= 4 is 11.7 Å². The van der Waals surface area contributed by atoms with E-state index in [9.17, 15) is 4.79 Å². The minimum absolute atomic E-state index is 0.173. The second-order valence-corrected chi connectivity index (χ2v) is 4.95. The van der Waals surface area contributed by atoms with Crippen molar-refractivity contribution in [1.29, 1.82) is 0 Å². The molecule has 3 rings (SSSR count). The van der Waals surface area contributed by atoms with Crippen LogP contribution in [0.25, 0.3) is 0 Å². The Balaban J connectivity index is 1.83. The summed E-state index contributed by atoms with van der Waals surface area (Å²) in [7, 11) is 0. The quantitative estimate of drug-likeness (QED) is 0.857. The molecule has 0 aromatic carbocycles. The molecular weight excluding hydrogens is 228 g/mol. The molecule has 5 nitrogen and oxygen atoms in total. The third kappa shape index (κ3) is 2.22. The number of piperidine rings is 1. The summed E-state index contributed by atoms with van der Waals surface area (Å²) < 4.78 is 0. The summed E-state index contributed by atoms with van der Waals surface area (Å²) in [4.78, 5) is 22.5. The van der Waals surface area contributed by atoms with Crippen molar-refractivity contribution in [2.75, 3.05) is 18.0 Å². The van der Waals surface area contributed by atoms with Crippen molar-refractivity contribution in [1.82, 2.24) is 15.3 Å². The minimum Gasteiger partial charge on any atom is -0.309 e.